The molecule has 3 heteroatoms. The van der Waals surface area contributed by atoms with E-state index in [1.807, 2.05) is 0 Å². The van der Waals surface area contributed by atoms with Gasteiger partial charge >= 0.3 is 0 Å². The summed E-state index contributed by atoms with van der Waals surface area (Å²) in [6.45, 7) is 3.87. The van der Waals surface area contributed by atoms with E-state index < -0.39 is 0 Å². The molecule has 3 nitrogen and oxygen atoms in total. The van der Waals surface area contributed by atoms with Gasteiger partial charge in [0.1, 0.15) is 0 Å². The smallest absolute Gasteiger partial charge is 0.0588 e. The van der Waals surface area contributed by atoms with Gasteiger partial charge in [0, 0.05) is 6.61 Å². The van der Waals surface area contributed by atoms with Crippen molar-refractivity contribution in [3.63, 3.8) is 0 Å². The van der Waals surface area contributed by atoms with Gasteiger partial charge in [-0.25, -0.2) is 0 Å². The number of hydrogen-bond acceptors (Lipinski definition) is 3. The molecular weight excluding hydrogens is 152 g/mol. The molecular formula is C9H20N2O. The van der Waals surface area contributed by atoms with Crippen LogP contribution in [0.4, 0.5) is 0 Å². The Morgan fingerprint density at radius 1 is 1.42 bits per heavy atom. The second kappa shape index (κ2) is 6.40. The third kappa shape index (κ3) is 4.04. The average molecular weight is 172 g/mol. The minimum absolute atomic E-state index is 0.523. The van der Waals surface area contributed by atoms with Crippen LogP contribution in [0.3, 0.4) is 0 Å². The predicted octanol–water partition coefficient (Wildman–Crippen LogP) is 0.494. The Kier molecular flexibility index (Phi) is 5.32. The predicted molar refractivity (Wildman–Crippen MR) is 50.1 cm³/mol. The molecule has 0 aromatic heterocycles. The van der Waals surface area contributed by atoms with E-state index in [2.05, 4.69) is 5.32 Å². The normalized spacial score (nSPS) is 23.2. The van der Waals surface area contributed by atoms with Crippen molar-refractivity contribution in [2.45, 2.75) is 31.8 Å². The van der Waals surface area contributed by atoms with Crippen LogP contribution in [0.1, 0.15) is 25.7 Å². The van der Waals surface area contributed by atoms with Gasteiger partial charge in [0.05, 0.1) is 6.10 Å². The van der Waals surface area contributed by atoms with Crippen LogP contribution in [0, 0.1) is 0 Å². The largest absolute Gasteiger partial charge is 0.378 e. The van der Waals surface area contributed by atoms with E-state index >= 15 is 0 Å². The van der Waals surface area contributed by atoms with E-state index in [1.54, 1.807) is 0 Å². The highest BCUT2D eigenvalue weighted by atomic mass is 16.5. The summed E-state index contributed by atoms with van der Waals surface area (Å²) in [5, 5.41) is 3.35. The van der Waals surface area contributed by atoms with Crippen LogP contribution < -0.4 is 11.1 Å². The fraction of sp³-hybridized carbons (Fsp3) is 1.00. The number of rotatable bonds is 6. The van der Waals surface area contributed by atoms with Crippen molar-refractivity contribution in [2.24, 2.45) is 5.73 Å². The van der Waals surface area contributed by atoms with Crippen molar-refractivity contribution in [1.29, 1.82) is 0 Å². The van der Waals surface area contributed by atoms with Crippen molar-refractivity contribution in [3.8, 4) is 0 Å². The van der Waals surface area contributed by atoms with Crippen LogP contribution in [0.5, 0.6) is 0 Å². The fourth-order valence-electron chi connectivity index (χ4n) is 1.49. The van der Waals surface area contributed by atoms with Gasteiger partial charge in [0.2, 0.25) is 0 Å². The molecule has 0 aliphatic carbocycles. The Morgan fingerprint density at radius 2 is 2.33 bits per heavy atom. The van der Waals surface area contributed by atoms with E-state index in [9.17, 15) is 0 Å². The van der Waals surface area contributed by atoms with Crippen molar-refractivity contribution < 1.29 is 4.74 Å². The van der Waals surface area contributed by atoms with Crippen molar-refractivity contribution in [1.82, 2.24) is 5.32 Å². The average Bonchev–Trinajstić information content (AvgIpc) is 2.57. The van der Waals surface area contributed by atoms with Crippen molar-refractivity contribution in [3.05, 3.63) is 0 Å². The third-order valence-corrected chi connectivity index (χ3v) is 2.22. The summed E-state index contributed by atoms with van der Waals surface area (Å²) >= 11 is 0. The maximum atomic E-state index is 5.49. The SMILES string of the molecule is NCCCNCCC1CCCO1. The van der Waals surface area contributed by atoms with Gasteiger partial charge in [-0.1, -0.05) is 0 Å². The molecule has 0 amide bonds. The highest BCUT2D eigenvalue weighted by Gasteiger charge is 2.13. The summed E-state index contributed by atoms with van der Waals surface area (Å²) in [4.78, 5) is 0. The molecule has 1 rings (SSSR count). The Labute approximate surface area is 74.7 Å². The molecule has 3 N–H and O–H groups in total. The minimum atomic E-state index is 0.523. The van der Waals surface area contributed by atoms with E-state index in [4.69, 9.17) is 10.5 Å². The summed E-state index contributed by atoms with van der Waals surface area (Å²) < 4.78 is 5.49. The molecule has 12 heavy (non-hydrogen) atoms. The first-order valence-corrected chi connectivity index (χ1v) is 4.96. The highest BCUT2D eigenvalue weighted by Crippen LogP contribution is 2.14. The number of nitrogens with one attached hydrogen (secondary N) is 1. The minimum Gasteiger partial charge on any atom is -0.378 e. The molecule has 0 bridgehead atoms. The Bertz CT molecular complexity index is 103. The van der Waals surface area contributed by atoms with E-state index in [1.165, 1.54) is 12.8 Å². The first-order chi connectivity index (χ1) is 5.93. The second-order valence-corrected chi connectivity index (χ2v) is 3.32. The lowest BCUT2D eigenvalue weighted by molar-refractivity contribution is 0.104. The standard InChI is InChI=1S/C9H20N2O/c10-5-2-6-11-7-4-9-3-1-8-12-9/h9,11H,1-8,10H2. The lowest BCUT2D eigenvalue weighted by atomic mass is 10.2. The summed E-state index contributed by atoms with van der Waals surface area (Å²) in [7, 11) is 0. The molecule has 72 valence electrons. The summed E-state index contributed by atoms with van der Waals surface area (Å²) in [6, 6.07) is 0. The molecule has 1 unspecified atom stereocenters. The zero-order chi connectivity index (χ0) is 8.65. The molecule has 0 saturated carbocycles. The molecule has 1 atom stereocenters. The van der Waals surface area contributed by atoms with Crippen LogP contribution in [0.25, 0.3) is 0 Å². The third-order valence-electron chi connectivity index (χ3n) is 2.22. The Morgan fingerprint density at radius 3 is 3.00 bits per heavy atom. The van der Waals surface area contributed by atoms with Crippen molar-refractivity contribution >= 4 is 0 Å². The molecule has 1 fully saturated rings. The van der Waals surface area contributed by atoms with Gasteiger partial charge in [-0.3, -0.25) is 0 Å². The zero-order valence-electron chi connectivity index (χ0n) is 7.72. The summed E-state index contributed by atoms with van der Waals surface area (Å²) in [5.41, 5.74) is 5.37. The van der Waals surface area contributed by atoms with Gasteiger partial charge < -0.3 is 15.8 Å². The molecule has 1 aliphatic heterocycles. The molecule has 0 radical (unpaired) electrons. The van der Waals surface area contributed by atoms with E-state index in [0.29, 0.717) is 6.10 Å². The van der Waals surface area contributed by atoms with Crippen LogP contribution in [-0.4, -0.2) is 32.3 Å². The fourth-order valence-corrected chi connectivity index (χ4v) is 1.49. The zero-order valence-corrected chi connectivity index (χ0v) is 7.72. The van der Waals surface area contributed by atoms with Gasteiger partial charge in [-0.15, -0.1) is 0 Å². The highest BCUT2D eigenvalue weighted by molar-refractivity contribution is 4.65. The molecule has 0 aromatic carbocycles. The molecule has 1 aliphatic rings. The quantitative estimate of drug-likeness (QED) is 0.573. The van der Waals surface area contributed by atoms with Crippen LogP contribution in [0.2, 0.25) is 0 Å². The van der Waals surface area contributed by atoms with E-state index in [0.717, 1.165) is 39.1 Å². The molecule has 0 spiro atoms. The lowest BCUT2D eigenvalue weighted by Crippen LogP contribution is -2.22. The van der Waals surface area contributed by atoms with Gasteiger partial charge in [0.25, 0.3) is 0 Å². The molecule has 0 aromatic rings. The summed E-state index contributed by atoms with van der Waals surface area (Å²) in [5.74, 6) is 0. The van der Waals surface area contributed by atoms with Gasteiger partial charge in [0.15, 0.2) is 0 Å². The molecule has 1 saturated heterocycles. The Balaban J connectivity index is 1.81. The van der Waals surface area contributed by atoms with Crippen LogP contribution in [0.15, 0.2) is 0 Å². The molecule has 1 heterocycles. The van der Waals surface area contributed by atoms with E-state index in [-0.39, 0.29) is 0 Å². The van der Waals surface area contributed by atoms with Gasteiger partial charge in [-0.05, 0) is 45.3 Å². The van der Waals surface area contributed by atoms with Crippen molar-refractivity contribution in [2.75, 3.05) is 26.2 Å². The van der Waals surface area contributed by atoms with Crippen LogP contribution >= 0.6 is 0 Å². The first kappa shape index (κ1) is 9.96. The maximum absolute atomic E-state index is 5.49. The first-order valence-electron chi connectivity index (χ1n) is 4.96. The monoisotopic (exact) mass is 172 g/mol. The van der Waals surface area contributed by atoms with Crippen LogP contribution in [-0.2, 0) is 4.74 Å². The lowest BCUT2D eigenvalue weighted by Gasteiger charge is -2.09. The van der Waals surface area contributed by atoms with Gasteiger partial charge in [-0.2, -0.15) is 0 Å². The second-order valence-electron chi connectivity index (χ2n) is 3.32. The Hall–Kier alpha value is -0.120. The summed E-state index contributed by atoms with van der Waals surface area (Å²) in [6.07, 6.45) is 5.25. The maximum Gasteiger partial charge on any atom is 0.0588 e. The number of ether oxygens (including phenoxy) is 1. The topological polar surface area (TPSA) is 47.3 Å². The number of hydrogen-bond donors (Lipinski definition) is 2. The number of nitrogens with two attached hydrogens (primary N) is 1.